The third-order valence-electron chi connectivity index (χ3n) is 2.51. The highest BCUT2D eigenvalue weighted by atomic mass is 32.1. The Kier molecular flexibility index (Phi) is 6.36. The number of amides is 1. The molecule has 104 valence electrons. The Bertz CT molecular complexity index is 284. The molecule has 1 heterocycles. The van der Waals surface area contributed by atoms with Crippen LogP contribution in [0.25, 0.3) is 0 Å². The molecule has 0 radical (unpaired) electrons. The summed E-state index contributed by atoms with van der Waals surface area (Å²) in [5.74, 6) is 0. The van der Waals surface area contributed by atoms with Crippen molar-refractivity contribution in [3.63, 3.8) is 0 Å². The molecule has 0 aliphatic carbocycles. The molecular weight excluding hydrogens is 265 g/mol. The molecule has 0 aromatic rings. The van der Waals surface area contributed by atoms with Gasteiger partial charge in [-0.25, -0.2) is 0 Å². The van der Waals surface area contributed by atoms with E-state index in [0.29, 0.717) is 0 Å². The number of nitrogens with one attached hydrogen (secondary N) is 1. The van der Waals surface area contributed by atoms with Gasteiger partial charge in [0.1, 0.15) is 18.3 Å². The first-order chi connectivity index (χ1) is 8.45. The number of hydrogen-bond acceptors (Lipinski definition) is 7. The zero-order valence-electron chi connectivity index (χ0n) is 9.47. The fourth-order valence-corrected chi connectivity index (χ4v) is 1.58. The second kappa shape index (κ2) is 7.29. The summed E-state index contributed by atoms with van der Waals surface area (Å²) >= 11 is 3.49. The zero-order chi connectivity index (χ0) is 13.7. The minimum atomic E-state index is -1.54. The van der Waals surface area contributed by atoms with E-state index in [0.717, 1.165) is 0 Å². The van der Waals surface area contributed by atoms with Crippen molar-refractivity contribution >= 4 is 25.0 Å². The molecule has 0 aromatic carbocycles. The van der Waals surface area contributed by atoms with Gasteiger partial charge < -0.3 is 35.1 Å². The minimum absolute atomic E-state index is 0.00346. The largest absolute Gasteiger partial charge is 0.477 e. The van der Waals surface area contributed by atoms with Gasteiger partial charge in [0, 0.05) is 0 Å². The van der Waals surface area contributed by atoms with E-state index in [1.54, 1.807) is 0 Å². The van der Waals surface area contributed by atoms with E-state index in [1.165, 1.54) is 0 Å². The van der Waals surface area contributed by atoms with Crippen LogP contribution >= 0.6 is 12.6 Å². The summed E-state index contributed by atoms with van der Waals surface area (Å²) < 4.78 is 10.3. The standard InChI is InChI=1S/C8H16BNO7S/c11-1-4(12)6(13)7(14)5-2-16-9(17-5)3-10-8(15)18/h4-7,11-14H,1-3H2,(H2,10,15,18). The van der Waals surface area contributed by atoms with Gasteiger partial charge in [-0.15, -0.1) is 0 Å². The van der Waals surface area contributed by atoms with Crippen molar-refractivity contribution in [1.29, 1.82) is 0 Å². The van der Waals surface area contributed by atoms with Gasteiger partial charge in [0.2, 0.25) is 0 Å². The molecule has 0 spiro atoms. The summed E-state index contributed by atoms with van der Waals surface area (Å²) in [4.78, 5) is 10.5. The molecule has 0 saturated carbocycles. The number of rotatable bonds is 6. The van der Waals surface area contributed by atoms with E-state index in [-0.39, 0.29) is 13.1 Å². The fourth-order valence-electron chi connectivity index (χ4n) is 1.49. The zero-order valence-corrected chi connectivity index (χ0v) is 10.4. The third kappa shape index (κ3) is 4.39. The number of carbonyl (C=O) groups is 1. The van der Waals surface area contributed by atoms with E-state index in [2.05, 4.69) is 17.9 Å². The van der Waals surface area contributed by atoms with Gasteiger partial charge >= 0.3 is 7.12 Å². The van der Waals surface area contributed by atoms with Crippen molar-refractivity contribution in [2.75, 3.05) is 19.7 Å². The molecule has 5 N–H and O–H groups in total. The van der Waals surface area contributed by atoms with Crippen LogP contribution in [0, 0.1) is 0 Å². The van der Waals surface area contributed by atoms with Crippen molar-refractivity contribution in [1.82, 2.24) is 5.32 Å². The van der Waals surface area contributed by atoms with Crippen molar-refractivity contribution in [3.05, 3.63) is 0 Å². The summed E-state index contributed by atoms with van der Waals surface area (Å²) in [7, 11) is -0.751. The molecular formula is C8H16BNO7S. The Morgan fingerprint density at radius 3 is 2.72 bits per heavy atom. The normalized spacial score (nSPS) is 24.7. The van der Waals surface area contributed by atoms with Crippen LogP contribution in [0.2, 0.25) is 0 Å². The highest BCUT2D eigenvalue weighted by Crippen LogP contribution is 2.15. The summed E-state index contributed by atoms with van der Waals surface area (Å²) in [5.41, 5.74) is 0. The molecule has 4 atom stereocenters. The summed E-state index contributed by atoms with van der Waals surface area (Å²) in [6.07, 6.45) is -5.18. The maximum atomic E-state index is 10.5. The van der Waals surface area contributed by atoms with Crippen molar-refractivity contribution in [2.24, 2.45) is 0 Å². The lowest BCUT2D eigenvalue weighted by Crippen LogP contribution is -2.47. The smallest absolute Gasteiger partial charge is 0.407 e. The van der Waals surface area contributed by atoms with E-state index in [1.807, 2.05) is 0 Å². The van der Waals surface area contributed by atoms with Crippen LogP contribution in [0.5, 0.6) is 0 Å². The molecule has 0 bridgehead atoms. The Hall–Kier alpha value is -0.355. The Balaban J connectivity index is 2.38. The van der Waals surface area contributed by atoms with E-state index >= 15 is 0 Å². The minimum Gasteiger partial charge on any atom is -0.407 e. The molecule has 1 amide bonds. The van der Waals surface area contributed by atoms with Gasteiger partial charge in [-0.1, -0.05) is 12.6 Å². The number of aliphatic hydroxyl groups is 4. The highest BCUT2D eigenvalue weighted by molar-refractivity contribution is 7.96. The summed E-state index contributed by atoms with van der Waals surface area (Å²) in [6, 6.07) is 0. The summed E-state index contributed by atoms with van der Waals surface area (Å²) in [6.45, 7) is -0.672. The van der Waals surface area contributed by atoms with Crippen molar-refractivity contribution < 1.29 is 34.5 Å². The Labute approximate surface area is 109 Å². The van der Waals surface area contributed by atoms with Gasteiger partial charge in [0.15, 0.2) is 0 Å². The molecule has 0 aromatic heterocycles. The first-order valence-electron chi connectivity index (χ1n) is 5.34. The van der Waals surface area contributed by atoms with Crippen LogP contribution in [0.1, 0.15) is 0 Å². The van der Waals surface area contributed by atoms with Crippen LogP contribution in [0.4, 0.5) is 4.79 Å². The molecule has 10 heteroatoms. The molecule has 8 nitrogen and oxygen atoms in total. The number of aliphatic hydroxyl groups excluding tert-OH is 4. The average molecular weight is 281 g/mol. The summed E-state index contributed by atoms with van der Waals surface area (Å²) in [5, 5.41) is 38.8. The second-order valence-corrected chi connectivity index (χ2v) is 4.26. The lowest BCUT2D eigenvalue weighted by Gasteiger charge is -2.25. The van der Waals surface area contributed by atoms with E-state index < -0.39 is 43.4 Å². The maximum absolute atomic E-state index is 10.5. The maximum Gasteiger partial charge on any atom is 0.477 e. The van der Waals surface area contributed by atoms with Crippen LogP contribution < -0.4 is 5.32 Å². The van der Waals surface area contributed by atoms with Crippen LogP contribution in [0.15, 0.2) is 0 Å². The molecule has 1 saturated heterocycles. The SMILES string of the molecule is O=C(S)NCB1OCC(C(O)C(O)C(O)CO)O1. The van der Waals surface area contributed by atoms with Crippen LogP contribution in [0.3, 0.4) is 0 Å². The highest BCUT2D eigenvalue weighted by Gasteiger charge is 2.39. The number of carbonyl (C=O) groups excluding carboxylic acids is 1. The lowest BCUT2D eigenvalue weighted by atomic mass is 9.91. The van der Waals surface area contributed by atoms with Crippen LogP contribution in [-0.2, 0) is 9.31 Å². The quantitative estimate of drug-likeness (QED) is 0.228. The Morgan fingerprint density at radius 1 is 1.50 bits per heavy atom. The first-order valence-corrected chi connectivity index (χ1v) is 5.79. The van der Waals surface area contributed by atoms with Gasteiger partial charge in [-0.05, 0) is 0 Å². The van der Waals surface area contributed by atoms with Gasteiger partial charge in [-0.3, -0.25) is 4.79 Å². The first kappa shape index (κ1) is 15.7. The average Bonchev–Trinajstić information content (AvgIpc) is 2.82. The van der Waals surface area contributed by atoms with Gasteiger partial charge in [-0.2, -0.15) is 0 Å². The molecule has 1 aliphatic rings. The van der Waals surface area contributed by atoms with E-state index in [9.17, 15) is 20.1 Å². The number of hydrogen-bond donors (Lipinski definition) is 6. The van der Waals surface area contributed by atoms with E-state index in [4.69, 9.17) is 14.4 Å². The molecule has 1 aliphatic heterocycles. The van der Waals surface area contributed by atoms with Crippen LogP contribution in [-0.4, -0.2) is 76.9 Å². The van der Waals surface area contributed by atoms with Gasteiger partial charge in [0.25, 0.3) is 5.24 Å². The molecule has 4 unspecified atom stereocenters. The van der Waals surface area contributed by atoms with Crippen molar-refractivity contribution in [2.45, 2.75) is 24.4 Å². The van der Waals surface area contributed by atoms with Gasteiger partial charge in [0.05, 0.1) is 25.8 Å². The molecule has 1 fully saturated rings. The molecule has 18 heavy (non-hydrogen) atoms. The monoisotopic (exact) mass is 281 g/mol. The van der Waals surface area contributed by atoms with Crippen molar-refractivity contribution in [3.8, 4) is 0 Å². The number of thiol groups is 1. The fraction of sp³-hybridized carbons (Fsp3) is 0.875. The topological polar surface area (TPSA) is 128 Å². The lowest BCUT2D eigenvalue weighted by molar-refractivity contribution is -0.106. The predicted octanol–water partition coefficient (Wildman–Crippen LogP) is -2.86. The molecule has 1 rings (SSSR count). The third-order valence-corrected chi connectivity index (χ3v) is 2.66. The Morgan fingerprint density at radius 2 is 2.17 bits per heavy atom. The second-order valence-electron chi connectivity index (χ2n) is 3.85. The predicted molar refractivity (Wildman–Crippen MR) is 64.1 cm³/mol.